The lowest BCUT2D eigenvalue weighted by atomic mass is 10.1. The van der Waals surface area contributed by atoms with Crippen LogP contribution in [-0.2, 0) is 4.79 Å². The molecule has 1 amide bonds. The van der Waals surface area contributed by atoms with Crippen LogP contribution in [0.3, 0.4) is 0 Å². The van der Waals surface area contributed by atoms with Crippen LogP contribution < -0.4 is 15.7 Å². The van der Waals surface area contributed by atoms with Crippen molar-refractivity contribution in [3.63, 3.8) is 0 Å². The summed E-state index contributed by atoms with van der Waals surface area (Å²) in [5.74, 6) is 0.286. The number of nitrogens with one attached hydrogen (secondary N) is 1. The Kier molecular flexibility index (Phi) is 4.02. The molecule has 0 fully saturated rings. The molecule has 5 nitrogen and oxygen atoms in total. The van der Waals surface area contributed by atoms with Gasteiger partial charge in [0, 0.05) is 23.1 Å². The topological polar surface area (TPSA) is 68.5 Å². The van der Waals surface area contributed by atoms with Gasteiger partial charge in [-0.1, -0.05) is 0 Å². The molecule has 1 heterocycles. The van der Waals surface area contributed by atoms with Crippen LogP contribution in [0, 0.1) is 6.92 Å². The lowest BCUT2D eigenvalue weighted by Crippen LogP contribution is -2.43. The second kappa shape index (κ2) is 5.60. The average molecular weight is 289 g/mol. The molecule has 0 radical (unpaired) electrons. The Hall–Kier alpha value is -2.30. The number of ether oxygens (including phenoxy) is 1. The summed E-state index contributed by atoms with van der Waals surface area (Å²) in [6.45, 7) is 7.46. The maximum atomic E-state index is 11.7. The first-order chi connectivity index (χ1) is 9.74. The molecular formula is C16H19NO4. The molecule has 0 atom stereocenters. The third-order valence-electron chi connectivity index (χ3n) is 2.81. The molecule has 112 valence electrons. The van der Waals surface area contributed by atoms with Crippen LogP contribution in [-0.4, -0.2) is 18.1 Å². The van der Waals surface area contributed by atoms with Gasteiger partial charge in [-0.05, 0) is 45.4 Å². The first-order valence-corrected chi connectivity index (χ1v) is 6.73. The van der Waals surface area contributed by atoms with Gasteiger partial charge in [0.25, 0.3) is 5.91 Å². The predicted molar refractivity (Wildman–Crippen MR) is 80.6 cm³/mol. The number of benzene rings is 1. The fourth-order valence-corrected chi connectivity index (χ4v) is 2.00. The van der Waals surface area contributed by atoms with Crippen LogP contribution in [0.1, 0.15) is 26.3 Å². The van der Waals surface area contributed by atoms with E-state index < -0.39 is 5.63 Å². The fourth-order valence-electron chi connectivity index (χ4n) is 2.00. The van der Waals surface area contributed by atoms with E-state index in [1.165, 1.54) is 6.07 Å². The van der Waals surface area contributed by atoms with Gasteiger partial charge in [0.1, 0.15) is 11.3 Å². The lowest BCUT2D eigenvalue weighted by Gasteiger charge is -2.20. The Balaban J connectivity index is 2.13. The standard InChI is InChI=1S/C16H19NO4/c1-10-7-15(19)21-13-8-11(5-6-12(10)13)20-9-14(18)17-16(2,3)4/h5-8H,9H2,1-4H3,(H,17,18). The van der Waals surface area contributed by atoms with Crippen molar-refractivity contribution in [1.29, 1.82) is 0 Å². The number of fused-ring (bicyclic) bond motifs is 1. The van der Waals surface area contributed by atoms with Gasteiger partial charge < -0.3 is 14.5 Å². The van der Waals surface area contributed by atoms with Gasteiger partial charge in [-0.3, -0.25) is 4.79 Å². The number of hydrogen-bond donors (Lipinski definition) is 1. The fraction of sp³-hybridized carbons (Fsp3) is 0.375. The summed E-state index contributed by atoms with van der Waals surface area (Å²) in [4.78, 5) is 23.1. The highest BCUT2D eigenvalue weighted by molar-refractivity contribution is 5.81. The minimum Gasteiger partial charge on any atom is -0.484 e. The van der Waals surface area contributed by atoms with Crippen molar-refractivity contribution in [2.45, 2.75) is 33.2 Å². The molecule has 2 aromatic rings. The molecule has 1 aromatic heterocycles. The van der Waals surface area contributed by atoms with Gasteiger partial charge in [-0.15, -0.1) is 0 Å². The van der Waals surface area contributed by atoms with E-state index in [9.17, 15) is 9.59 Å². The molecule has 1 aromatic carbocycles. The zero-order valence-electron chi connectivity index (χ0n) is 12.6. The zero-order valence-corrected chi connectivity index (χ0v) is 12.6. The largest absolute Gasteiger partial charge is 0.484 e. The number of rotatable bonds is 3. The molecular weight excluding hydrogens is 270 g/mol. The average Bonchev–Trinajstić information content (AvgIpc) is 2.33. The van der Waals surface area contributed by atoms with Gasteiger partial charge >= 0.3 is 5.63 Å². The third kappa shape index (κ3) is 4.08. The van der Waals surface area contributed by atoms with Crippen molar-refractivity contribution in [2.24, 2.45) is 0 Å². The van der Waals surface area contributed by atoms with Crippen molar-refractivity contribution in [3.8, 4) is 5.75 Å². The van der Waals surface area contributed by atoms with Gasteiger partial charge in [-0.2, -0.15) is 0 Å². The van der Waals surface area contributed by atoms with Gasteiger partial charge in [0.2, 0.25) is 0 Å². The van der Waals surface area contributed by atoms with Crippen LogP contribution in [0.25, 0.3) is 11.0 Å². The molecule has 0 saturated carbocycles. The molecule has 0 unspecified atom stereocenters. The van der Waals surface area contributed by atoms with Crippen molar-refractivity contribution in [2.75, 3.05) is 6.61 Å². The van der Waals surface area contributed by atoms with Crippen LogP contribution in [0.4, 0.5) is 0 Å². The molecule has 0 bridgehead atoms. The molecule has 5 heteroatoms. The van der Waals surface area contributed by atoms with E-state index in [1.54, 1.807) is 12.1 Å². The first-order valence-electron chi connectivity index (χ1n) is 6.73. The van der Waals surface area contributed by atoms with Gasteiger partial charge in [0.05, 0.1) is 0 Å². The van der Waals surface area contributed by atoms with Crippen LogP contribution in [0.5, 0.6) is 5.75 Å². The summed E-state index contributed by atoms with van der Waals surface area (Å²) in [5.41, 5.74) is 0.600. The quantitative estimate of drug-likeness (QED) is 0.881. The summed E-state index contributed by atoms with van der Waals surface area (Å²) in [5, 5.41) is 3.66. The molecule has 21 heavy (non-hydrogen) atoms. The Morgan fingerprint density at radius 2 is 2.00 bits per heavy atom. The maximum absolute atomic E-state index is 11.7. The Labute approximate surface area is 122 Å². The molecule has 0 aliphatic heterocycles. The Morgan fingerprint density at radius 1 is 1.29 bits per heavy atom. The molecule has 0 aliphatic carbocycles. The highest BCUT2D eigenvalue weighted by Crippen LogP contribution is 2.22. The Morgan fingerprint density at radius 3 is 2.67 bits per heavy atom. The smallest absolute Gasteiger partial charge is 0.336 e. The highest BCUT2D eigenvalue weighted by Gasteiger charge is 2.14. The number of carbonyl (C=O) groups excluding carboxylic acids is 1. The second-order valence-electron chi connectivity index (χ2n) is 5.99. The molecule has 1 N–H and O–H groups in total. The second-order valence-corrected chi connectivity index (χ2v) is 5.99. The summed E-state index contributed by atoms with van der Waals surface area (Å²) >= 11 is 0. The van der Waals surface area contributed by atoms with Gasteiger partial charge in [-0.25, -0.2) is 4.79 Å². The van der Waals surface area contributed by atoms with E-state index in [0.717, 1.165) is 10.9 Å². The van der Waals surface area contributed by atoms with E-state index >= 15 is 0 Å². The minimum atomic E-state index is -0.400. The SMILES string of the molecule is Cc1cc(=O)oc2cc(OCC(=O)NC(C)(C)C)ccc12. The van der Waals surface area contributed by atoms with Crippen molar-refractivity contribution in [1.82, 2.24) is 5.32 Å². The van der Waals surface area contributed by atoms with E-state index in [-0.39, 0.29) is 18.1 Å². The molecule has 0 aliphatic rings. The summed E-state index contributed by atoms with van der Waals surface area (Å²) < 4.78 is 10.6. The van der Waals surface area contributed by atoms with Crippen molar-refractivity contribution < 1.29 is 13.9 Å². The van der Waals surface area contributed by atoms with Crippen molar-refractivity contribution >= 4 is 16.9 Å². The van der Waals surface area contributed by atoms with Crippen LogP contribution >= 0.6 is 0 Å². The van der Waals surface area contributed by atoms with E-state index in [2.05, 4.69) is 5.32 Å². The summed E-state index contributed by atoms with van der Waals surface area (Å²) in [7, 11) is 0. The molecule has 0 spiro atoms. The summed E-state index contributed by atoms with van der Waals surface area (Å²) in [6, 6.07) is 6.62. The monoisotopic (exact) mass is 289 g/mol. The van der Waals surface area contributed by atoms with E-state index in [4.69, 9.17) is 9.15 Å². The Bertz CT molecular complexity index is 725. The number of amides is 1. The predicted octanol–water partition coefficient (Wildman–Crippen LogP) is 2.39. The van der Waals surface area contributed by atoms with E-state index in [1.807, 2.05) is 33.8 Å². The third-order valence-corrected chi connectivity index (χ3v) is 2.81. The number of aryl methyl sites for hydroxylation is 1. The van der Waals surface area contributed by atoms with Crippen LogP contribution in [0.15, 0.2) is 33.5 Å². The zero-order chi connectivity index (χ0) is 15.6. The minimum absolute atomic E-state index is 0.0845. The van der Waals surface area contributed by atoms with Crippen LogP contribution in [0.2, 0.25) is 0 Å². The first kappa shape index (κ1) is 15.1. The molecule has 2 rings (SSSR count). The normalized spacial score (nSPS) is 11.4. The molecule has 0 saturated heterocycles. The highest BCUT2D eigenvalue weighted by atomic mass is 16.5. The van der Waals surface area contributed by atoms with Crippen molar-refractivity contribution in [3.05, 3.63) is 40.2 Å². The van der Waals surface area contributed by atoms with E-state index in [0.29, 0.717) is 11.3 Å². The number of carbonyl (C=O) groups is 1. The summed E-state index contributed by atoms with van der Waals surface area (Å²) in [6.07, 6.45) is 0. The lowest BCUT2D eigenvalue weighted by molar-refractivity contribution is -0.124. The number of hydrogen-bond acceptors (Lipinski definition) is 4. The van der Waals surface area contributed by atoms with Gasteiger partial charge in [0.15, 0.2) is 6.61 Å². The maximum Gasteiger partial charge on any atom is 0.336 e.